The van der Waals surface area contributed by atoms with Crippen molar-refractivity contribution in [2.24, 2.45) is 0 Å². The predicted octanol–water partition coefficient (Wildman–Crippen LogP) is 3.26. The number of benzene rings is 1. The summed E-state index contributed by atoms with van der Waals surface area (Å²) in [6, 6.07) is 4.47. The van der Waals surface area contributed by atoms with Gasteiger partial charge in [0.15, 0.2) is 11.7 Å². The van der Waals surface area contributed by atoms with Crippen LogP contribution in [-0.2, 0) is 11.2 Å². The zero-order valence-corrected chi connectivity index (χ0v) is 10.8. The van der Waals surface area contributed by atoms with Crippen LogP contribution in [0.2, 0.25) is 0 Å². The molecular formula is C12H9BrFNO3. The number of halogens is 2. The fraction of sp³-hybridized carbons (Fsp3) is 0.167. The quantitative estimate of drug-likeness (QED) is 0.941. The van der Waals surface area contributed by atoms with Gasteiger partial charge in [0.25, 0.3) is 0 Å². The van der Waals surface area contributed by atoms with E-state index in [0.29, 0.717) is 21.7 Å². The first kappa shape index (κ1) is 12.8. The van der Waals surface area contributed by atoms with E-state index in [1.54, 1.807) is 12.1 Å². The van der Waals surface area contributed by atoms with Crippen molar-refractivity contribution < 1.29 is 18.7 Å². The third-order valence-electron chi connectivity index (χ3n) is 2.31. The number of oxazole rings is 1. The minimum Gasteiger partial charge on any atom is -0.481 e. The van der Waals surface area contributed by atoms with Gasteiger partial charge in [0.1, 0.15) is 5.82 Å². The van der Waals surface area contributed by atoms with E-state index in [-0.39, 0.29) is 18.7 Å². The molecule has 2 rings (SSSR count). The van der Waals surface area contributed by atoms with Crippen LogP contribution in [-0.4, -0.2) is 16.1 Å². The minimum absolute atomic E-state index is 0.0347. The number of aromatic nitrogens is 1. The molecule has 0 fully saturated rings. The Morgan fingerprint density at radius 3 is 2.94 bits per heavy atom. The third-order valence-corrected chi connectivity index (χ3v) is 2.92. The van der Waals surface area contributed by atoms with E-state index in [4.69, 9.17) is 9.52 Å². The molecule has 0 amide bonds. The molecule has 0 aliphatic heterocycles. The summed E-state index contributed by atoms with van der Waals surface area (Å²) in [4.78, 5) is 14.4. The highest BCUT2D eigenvalue weighted by Gasteiger charge is 2.09. The molecule has 0 atom stereocenters. The molecule has 0 radical (unpaired) electrons. The van der Waals surface area contributed by atoms with Crippen LogP contribution < -0.4 is 0 Å². The lowest BCUT2D eigenvalue weighted by molar-refractivity contribution is -0.137. The molecule has 6 heteroatoms. The van der Waals surface area contributed by atoms with Crippen LogP contribution in [0.5, 0.6) is 0 Å². The van der Waals surface area contributed by atoms with E-state index >= 15 is 0 Å². The maximum atomic E-state index is 13.1. The Bertz CT molecular complexity index is 582. The number of aryl methyl sites for hydroxylation is 1. The molecule has 0 unspecified atom stereocenters. The summed E-state index contributed by atoms with van der Waals surface area (Å²) in [6.07, 6.45) is 1.70. The van der Waals surface area contributed by atoms with Crippen LogP contribution in [0.4, 0.5) is 4.39 Å². The standard InChI is InChI=1S/C12H9BrFNO3/c13-8-5-7(1-2-9(8)14)10-6-15-11(18-10)3-4-12(16)17/h1-2,5-6H,3-4H2,(H,16,17). The molecular weight excluding hydrogens is 305 g/mol. The SMILES string of the molecule is O=C(O)CCc1ncc(-c2ccc(F)c(Br)c2)o1. The average molecular weight is 314 g/mol. The molecule has 0 aliphatic carbocycles. The molecule has 0 saturated heterocycles. The van der Waals surface area contributed by atoms with Crippen LogP contribution >= 0.6 is 15.9 Å². The van der Waals surface area contributed by atoms with Crippen LogP contribution in [0.15, 0.2) is 33.3 Å². The van der Waals surface area contributed by atoms with Gasteiger partial charge >= 0.3 is 5.97 Å². The zero-order chi connectivity index (χ0) is 13.1. The fourth-order valence-corrected chi connectivity index (χ4v) is 1.80. The van der Waals surface area contributed by atoms with Crippen molar-refractivity contribution in [3.05, 3.63) is 40.6 Å². The van der Waals surface area contributed by atoms with Crippen molar-refractivity contribution in [3.8, 4) is 11.3 Å². The monoisotopic (exact) mass is 313 g/mol. The molecule has 4 nitrogen and oxygen atoms in total. The predicted molar refractivity (Wildman–Crippen MR) is 65.6 cm³/mol. The van der Waals surface area contributed by atoms with Gasteiger partial charge in [0.2, 0.25) is 0 Å². The van der Waals surface area contributed by atoms with Gasteiger partial charge in [0.05, 0.1) is 17.1 Å². The molecule has 18 heavy (non-hydrogen) atoms. The first-order chi connectivity index (χ1) is 8.56. The van der Waals surface area contributed by atoms with Crippen molar-refractivity contribution in [1.82, 2.24) is 4.98 Å². The van der Waals surface area contributed by atoms with Crippen molar-refractivity contribution >= 4 is 21.9 Å². The van der Waals surface area contributed by atoms with E-state index in [1.165, 1.54) is 12.3 Å². The number of nitrogens with zero attached hydrogens (tertiary/aromatic N) is 1. The topological polar surface area (TPSA) is 63.3 Å². The van der Waals surface area contributed by atoms with Crippen LogP contribution in [0.3, 0.4) is 0 Å². The number of hydrogen-bond acceptors (Lipinski definition) is 3. The Morgan fingerprint density at radius 2 is 2.28 bits per heavy atom. The molecule has 0 spiro atoms. The van der Waals surface area contributed by atoms with Gasteiger partial charge in [-0.05, 0) is 34.1 Å². The number of carbonyl (C=O) groups is 1. The van der Waals surface area contributed by atoms with Gasteiger partial charge in [0, 0.05) is 12.0 Å². The Hall–Kier alpha value is -1.69. The van der Waals surface area contributed by atoms with Gasteiger partial charge in [-0.3, -0.25) is 4.79 Å². The lowest BCUT2D eigenvalue weighted by atomic mass is 10.2. The minimum atomic E-state index is -0.903. The molecule has 1 N–H and O–H groups in total. The second-order valence-electron chi connectivity index (χ2n) is 3.64. The fourth-order valence-electron chi connectivity index (χ4n) is 1.42. The summed E-state index contributed by atoms with van der Waals surface area (Å²) in [6.45, 7) is 0. The van der Waals surface area contributed by atoms with Gasteiger partial charge in [-0.2, -0.15) is 0 Å². The summed E-state index contributed by atoms with van der Waals surface area (Å²) in [5.41, 5.74) is 0.678. The van der Waals surface area contributed by atoms with Crippen molar-refractivity contribution in [2.75, 3.05) is 0 Å². The van der Waals surface area contributed by atoms with Crippen molar-refractivity contribution in [3.63, 3.8) is 0 Å². The first-order valence-corrected chi connectivity index (χ1v) is 5.97. The molecule has 1 aromatic carbocycles. The second kappa shape index (κ2) is 5.30. The number of rotatable bonds is 4. The lowest BCUT2D eigenvalue weighted by Gasteiger charge is -1.98. The largest absolute Gasteiger partial charge is 0.481 e. The number of carboxylic acid groups (broad SMARTS) is 1. The molecule has 1 heterocycles. The molecule has 0 saturated carbocycles. The van der Waals surface area contributed by atoms with Crippen LogP contribution in [0.25, 0.3) is 11.3 Å². The summed E-state index contributed by atoms with van der Waals surface area (Å²) in [5, 5.41) is 8.55. The highest BCUT2D eigenvalue weighted by Crippen LogP contribution is 2.25. The lowest BCUT2D eigenvalue weighted by Crippen LogP contribution is -1.97. The van der Waals surface area contributed by atoms with E-state index in [9.17, 15) is 9.18 Å². The van der Waals surface area contributed by atoms with E-state index in [2.05, 4.69) is 20.9 Å². The third kappa shape index (κ3) is 2.95. The van der Waals surface area contributed by atoms with Crippen molar-refractivity contribution in [1.29, 1.82) is 0 Å². The maximum Gasteiger partial charge on any atom is 0.303 e. The van der Waals surface area contributed by atoms with Gasteiger partial charge in [-0.15, -0.1) is 0 Å². The van der Waals surface area contributed by atoms with Crippen LogP contribution in [0.1, 0.15) is 12.3 Å². The van der Waals surface area contributed by atoms with E-state index in [1.807, 2.05) is 0 Å². The summed E-state index contributed by atoms with van der Waals surface area (Å²) < 4.78 is 18.8. The number of carboxylic acids is 1. The van der Waals surface area contributed by atoms with Gasteiger partial charge in [-0.25, -0.2) is 9.37 Å². The highest BCUT2D eigenvalue weighted by molar-refractivity contribution is 9.10. The van der Waals surface area contributed by atoms with Gasteiger partial charge < -0.3 is 9.52 Å². The Kier molecular flexibility index (Phi) is 3.76. The Balaban J connectivity index is 2.18. The summed E-state index contributed by atoms with van der Waals surface area (Å²) in [5.74, 6) is -0.424. The molecule has 94 valence electrons. The van der Waals surface area contributed by atoms with Crippen LogP contribution in [0, 0.1) is 5.82 Å². The summed E-state index contributed by atoms with van der Waals surface area (Å²) >= 11 is 3.09. The summed E-state index contributed by atoms with van der Waals surface area (Å²) in [7, 11) is 0. The number of hydrogen-bond donors (Lipinski definition) is 1. The van der Waals surface area contributed by atoms with E-state index < -0.39 is 5.97 Å². The smallest absolute Gasteiger partial charge is 0.303 e. The molecule has 1 aromatic heterocycles. The Labute approximate surface area is 111 Å². The maximum absolute atomic E-state index is 13.1. The molecule has 0 bridgehead atoms. The zero-order valence-electron chi connectivity index (χ0n) is 9.19. The number of aliphatic carboxylic acids is 1. The van der Waals surface area contributed by atoms with E-state index in [0.717, 1.165) is 0 Å². The van der Waals surface area contributed by atoms with Crippen molar-refractivity contribution in [2.45, 2.75) is 12.8 Å². The average Bonchev–Trinajstić information content (AvgIpc) is 2.79. The molecule has 0 aliphatic rings. The molecule has 2 aromatic rings. The Morgan fingerprint density at radius 1 is 1.50 bits per heavy atom. The second-order valence-corrected chi connectivity index (χ2v) is 4.50. The first-order valence-electron chi connectivity index (χ1n) is 5.18. The van der Waals surface area contributed by atoms with Gasteiger partial charge in [-0.1, -0.05) is 0 Å². The highest BCUT2D eigenvalue weighted by atomic mass is 79.9. The normalized spacial score (nSPS) is 10.6.